The molecule has 0 saturated carbocycles. The number of hydrogen-bond donors (Lipinski definition) is 1. The van der Waals surface area contributed by atoms with Gasteiger partial charge in [0.1, 0.15) is 5.76 Å². The first-order valence-corrected chi connectivity index (χ1v) is 14.2. The molecule has 1 N–H and O–H groups in total. The lowest BCUT2D eigenvalue weighted by atomic mass is 9.94. The summed E-state index contributed by atoms with van der Waals surface area (Å²) >= 11 is 0. The van der Waals surface area contributed by atoms with Crippen LogP contribution < -0.4 is 0 Å². The molecule has 2 aromatic carbocycles. The van der Waals surface area contributed by atoms with Crippen LogP contribution in [0.2, 0.25) is 0 Å². The second kappa shape index (κ2) is 11.2. The number of piperidine rings is 1. The number of benzene rings is 2. The normalized spacial score (nSPS) is 20.6. The third-order valence-electron chi connectivity index (χ3n) is 7.09. The summed E-state index contributed by atoms with van der Waals surface area (Å²) in [6.07, 6.45) is 3.47. The molecule has 1 unspecified atom stereocenters. The van der Waals surface area contributed by atoms with Crippen LogP contribution in [-0.2, 0) is 26.0 Å². The molecule has 2 aliphatic heterocycles. The lowest BCUT2D eigenvalue weighted by molar-refractivity contribution is -0.140. The van der Waals surface area contributed by atoms with Gasteiger partial charge in [0.25, 0.3) is 11.7 Å². The number of rotatable bonds is 8. The van der Waals surface area contributed by atoms with Crippen LogP contribution in [0.1, 0.15) is 48.9 Å². The Bertz CT molecular complexity index is 1300. The van der Waals surface area contributed by atoms with E-state index in [0.29, 0.717) is 31.7 Å². The van der Waals surface area contributed by atoms with Gasteiger partial charge in [-0.2, -0.15) is 4.31 Å². The van der Waals surface area contributed by atoms with Gasteiger partial charge >= 0.3 is 0 Å². The third kappa shape index (κ3) is 5.49. The van der Waals surface area contributed by atoms with Gasteiger partial charge in [-0.15, -0.1) is 0 Å². The van der Waals surface area contributed by atoms with E-state index in [1.54, 1.807) is 12.1 Å². The Morgan fingerprint density at radius 1 is 1.03 bits per heavy atom. The van der Waals surface area contributed by atoms with Crippen LogP contribution in [-0.4, -0.2) is 79.6 Å². The van der Waals surface area contributed by atoms with E-state index in [1.165, 1.54) is 21.3 Å². The minimum atomic E-state index is -3.74. The quantitative estimate of drug-likeness (QED) is 0.322. The molecule has 2 aromatic rings. The number of aliphatic hydroxyl groups excluding tert-OH is 1. The maximum absolute atomic E-state index is 13.3. The molecule has 0 aliphatic carbocycles. The Morgan fingerprint density at radius 2 is 1.70 bits per heavy atom. The summed E-state index contributed by atoms with van der Waals surface area (Å²) in [6.45, 7) is 3.81. The molecule has 198 valence electrons. The number of aliphatic hydroxyl groups is 1. The number of ketones is 1. The maximum Gasteiger partial charge on any atom is 0.295 e. The second-order valence-corrected chi connectivity index (χ2v) is 11.8. The van der Waals surface area contributed by atoms with Crippen LogP contribution in [0.3, 0.4) is 0 Å². The number of hydrogen-bond acceptors (Lipinski definition) is 6. The van der Waals surface area contributed by atoms with E-state index in [0.717, 1.165) is 31.2 Å². The summed E-state index contributed by atoms with van der Waals surface area (Å²) in [6, 6.07) is 12.9. The number of carbonyl (C=O) groups is 2. The van der Waals surface area contributed by atoms with Crippen LogP contribution >= 0.6 is 0 Å². The first-order valence-electron chi connectivity index (χ1n) is 12.8. The SMILES string of the molecule is CCc1ccc(C2/C(=C(/O)c3cccc(S(=O)(=O)N4CCCCC4)c3)C(=O)C(=O)N2CCN(C)C)cc1. The third-order valence-corrected chi connectivity index (χ3v) is 8.99. The van der Waals surface area contributed by atoms with Crippen molar-refractivity contribution in [1.29, 1.82) is 0 Å². The number of carbonyl (C=O) groups excluding carboxylic acids is 2. The number of amides is 1. The molecule has 1 amide bonds. The van der Waals surface area contributed by atoms with Gasteiger partial charge in [0.05, 0.1) is 16.5 Å². The van der Waals surface area contributed by atoms with Crippen molar-refractivity contribution in [2.45, 2.75) is 43.5 Å². The van der Waals surface area contributed by atoms with E-state index < -0.39 is 27.8 Å². The Morgan fingerprint density at radius 3 is 2.32 bits per heavy atom. The van der Waals surface area contributed by atoms with Crippen molar-refractivity contribution in [2.24, 2.45) is 0 Å². The standard InChI is InChI=1S/C28H35N3O5S/c1-4-20-11-13-21(14-12-20)25-24(27(33)28(34)31(25)18-17-29(2)3)26(32)22-9-8-10-23(19-22)37(35,36)30-15-6-5-7-16-30/h8-14,19,25,32H,4-7,15-18H2,1-3H3/b26-24-. The molecular weight excluding hydrogens is 490 g/mol. The van der Waals surface area contributed by atoms with E-state index in [1.807, 2.05) is 50.2 Å². The first-order chi connectivity index (χ1) is 17.6. The van der Waals surface area contributed by atoms with Gasteiger partial charge in [-0.05, 0) is 56.6 Å². The van der Waals surface area contributed by atoms with Gasteiger partial charge in [-0.1, -0.05) is 49.7 Å². The van der Waals surface area contributed by atoms with Crippen molar-refractivity contribution in [1.82, 2.24) is 14.1 Å². The highest BCUT2D eigenvalue weighted by molar-refractivity contribution is 7.89. The number of Topliss-reactive ketones (excluding diaryl/α,β-unsaturated/α-hetero) is 1. The van der Waals surface area contributed by atoms with Crippen LogP contribution in [0.4, 0.5) is 0 Å². The topological polar surface area (TPSA) is 98.2 Å². The fourth-order valence-corrected chi connectivity index (χ4v) is 6.48. The highest BCUT2D eigenvalue weighted by Crippen LogP contribution is 2.39. The molecule has 0 bridgehead atoms. The average Bonchev–Trinajstić information content (AvgIpc) is 3.17. The molecule has 4 rings (SSSR count). The number of nitrogens with zero attached hydrogens (tertiary/aromatic N) is 3. The van der Waals surface area contributed by atoms with Gasteiger partial charge < -0.3 is 14.9 Å². The highest BCUT2D eigenvalue weighted by atomic mass is 32.2. The molecule has 37 heavy (non-hydrogen) atoms. The Labute approximate surface area is 219 Å². The lowest BCUT2D eigenvalue weighted by Crippen LogP contribution is -2.35. The molecule has 2 fully saturated rings. The second-order valence-electron chi connectivity index (χ2n) is 9.88. The summed E-state index contributed by atoms with van der Waals surface area (Å²) in [5.41, 5.74) is 2.00. The Kier molecular flexibility index (Phi) is 8.16. The van der Waals surface area contributed by atoms with Gasteiger partial charge in [0.2, 0.25) is 10.0 Å². The van der Waals surface area contributed by atoms with E-state index >= 15 is 0 Å². The summed E-state index contributed by atoms with van der Waals surface area (Å²) < 4.78 is 27.9. The molecule has 8 nitrogen and oxygen atoms in total. The fourth-order valence-electron chi connectivity index (χ4n) is 4.91. The summed E-state index contributed by atoms with van der Waals surface area (Å²) in [4.78, 5) is 29.8. The van der Waals surface area contributed by atoms with Crippen molar-refractivity contribution in [3.05, 3.63) is 70.8 Å². The van der Waals surface area contributed by atoms with Crippen molar-refractivity contribution in [3.8, 4) is 0 Å². The van der Waals surface area contributed by atoms with Gasteiger partial charge in [0, 0.05) is 31.7 Å². The molecule has 0 spiro atoms. The minimum absolute atomic E-state index is 0.0273. The smallest absolute Gasteiger partial charge is 0.295 e. The monoisotopic (exact) mass is 525 g/mol. The van der Waals surface area contributed by atoms with Crippen molar-refractivity contribution in [2.75, 3.05) is 40.3 Å². The summed E-state index contributed by atoms with van der Waals surface area (Å²) in [5, 5.41) is 11.4. The van der Waals surface area contributed by atoms with Crippen LogP contribution in [0, 0.1) is 0 Å². The summed E-state index contributed by atoms with van der Waals surface area (Å²) in [7, 11) is 0.0333. The van der Waals surface area contributed by atoms with Crippen molar-refractivity contribution < 1.29 is 23.1 Å². The van der Waals surface area contributed by atoms with Crippen LogP contribution in [0.25, 0.3) is 5.76 Å². The Balaban J connectivity index is 1.79. The molecule has 1 atom stereocenters. The minimum Gasteiger partial charge on any atom is -0.507 e. The lowest BCUT2D eigenvalue weighted by Gasteiger charge is -2.27. The molecule has 2 aliphatic rings. The van der Waals surface area contributed by atoms with E-state index in [4.69, 9.17) is 0 Å². The van der Waals surface area contributed by atoms with Gasteiger partial charge in [-0.25, -0.2) is 8.42 Å². The zero-order valence-corrected chi connectivity index (χ0v) is 22.5. The molecule has 0 radical (unpaired) electrons. The first kappa shape index (κ1) is 27.0. The summed E-state index contributed by atoms with van der Waals surface area (Å²) in [5.74, 6) is -1.82. The Hall–Kier alpha value is -3.01. The van der Waals surface area contributed by atoms with Gasteiger partial charge in [0.15, 0.2) is 0 Å². The molecular formula is C28H35N3O5S. The molecule has 9 heteroatoms. The van der Waals surface area contributed by atoms with Crippen LogP contribution in [0.15, 0.2) is 59.0 Å². The zero-order chi connectivity index (χ0) is 26.7. The zero-order valence-electron chi connectivity index (χ0n) is 21.7. The largest absolute Gasteiger partial charge is 0.507 e. The van der Waals surface area contributed by atoms with Crippen LogP contribution in [0.5, 0.6) is 0 Å². The van der Waals surface area contributed by atoms with Crippen molar-refractivity contribution >= 4 is 27.5 Å². The highest BCUT2D eigenvalue weighted by Gasteiger charge is 2.46. The van der Waals surface area contributed by atoms with E-state index in [9.17, 15) is 23.1 Å². The van der Waals surface area contributed by atoms with E-state index in [2.05, 4.69) is 0 Å². The molecule has 2 saturated heterocycles. The number of aryl methyl sites for hydroxylation is 1. The van der Waals surface area contributed by atoms with E-state index in [-0.39, 0.29) is 21.8 Å². The molecule has 2 heterocycles. The fraction of sp³-hybridized carbons (Fsp3) is 0.429. The van der Waals surface area contributed by atoms with Gasteiger partial charge in [-0.3, -0.25) is 9.59 Å². The predicted molar refractivity (Wildman–Crippen MR) is 142 cm³/mol. The number of likely N-dealkylation sites (N-methyl/N-ethyl adjacent to an activating group) is 1. The molecule has 0 aromatic heterocycles. The van der Waals surface area contributed by atoms with Crippen molar-refractivity contribution in [3.63, 3.8) is 0 Å². The number of likely N-dealkylation sites (tertiary alicyclic amines) is 1. The predicted octanol–water partition coefficient (Wildman–Crippen LogP) is 3.41. The maximum atomic E-state index is 13.3. The average molecular weight is 526 g/mol. The number of sulfonamides is 1.